The van der Waals surface area contributed by atoms with Crippen LogP contribution in [0.2, 0.25) is 0 Å². The molecule has 12 rings (SSSR count). The summed E-state index contributed by atoms with van der Waals surface area (Å²) in [5.41, 5.74) is 24.2. The van der Waals surface area contributed by atoms with E-state index in [2.05, 4.69) is 278 Å². The van der Waals surface area contributed by atoms with Crippen LogP contribution in [0.4, 0.5) is 34.1 Å². The van der Waals surface area contributed by atoms with Crippen molar-refractivity contribution in [1.82, 2.24) is 0 Å². The van der Waals surface area contributed by atoms with E-state index in [1.807, 2.05) is 6.08 Å². The first-order valence-electron chi connectivity index (χ1n) is 25.9. The van der Waals surface area contributed by atoms with E-state index in [4.69, 9.17) is 0 Å². The van der Waals surface area contributed by atoms with Crippen LogP contribution in [-0.2, 0) is 5.41 Å². The molecule has 0 bridgehead atoms. The van der Waals surface area contributed by atoms with Gasteiger partial charge in [-0.3, -0.25) is 0 Å². The quantitative estimate of drug-likeness (QED) is 0.113. The molecule has 0 radical (unpaired) electrons. The summed E-state index contributed by atoms with van der Waals surface area (Å²) < 4.78 is 0. The molecule has 73 heavy (non-hydrogen) atoms. The van der Waals surface area contributed by atoms with Gasteiger partial charge < -0.3 is 9.80 Å². The zero-order valence-electron chi connectivity index (χ0n) is 41.5. The van der Waals surface area contributed by atoms with Crippen molar-refractivity contribution in [1.29, 1.82) is 0 Å². The Labute approximate surface area is 431 Å². The van der Waals surface area contributed by atoms with E-state index in [1.165, 1.54) is 82.3 Å². The van der Waals surface area contributed by atoms with Crippen LogP contribution < -0.4 is 9.80 Å². The summed E-state index contributed by atoms with van der Waals surface area (Å²) in [6, 6.07) is 91.6. The number of benzene rings is 10. The number of rotatable bonds is 12. The van der Waals surface area contributed by atoms with Crippen molar-refractivity contribution in [3.05, 3.63) is 284 Å². The van der Waals surface area contributed by atoms with Gasteiger partial charge in [0.2, 0.25) is 0 Å². The minimum atomic E-state index is 0.0639. The minimum Gasteiger partial charge on any atom is -0.310 e. The highest BCUT2D eigenvalue weighted by molar-refractivity contribution is 5.89. The molecule has 10 aromatic carbocycles. The van der Waals surface area contributed by atoms with Crippen LogP contribution in [-0.4, -0.2) is 0 Å². The van der Waals surface area contributed by atoms with Crippen molar-refractivity contribution < 1.29 is 0 Å². The van der Waals surface area contributed by atoms with Gasteiger partial charge in [0.15, 0.2) is 0 Å². The molecule has 1 saturated carbocycles. The SMILES string of the molecule is C=C/C(=C\C)c1ccc(N(c2ccc(-c3ccc(N(c4ccc(-c5ccccc5)cc4)c4ccc5c(c4)C4(CCCCC4)c4ccccc4-5)cc3)cc2)c2cc(-c3ccccc3)cc(-c3ccccc3)c2)cc1. The van der Waals surface area contributed by atoms with Crippen LogP contribution >= 0.6 is 0 Å². The van der Waals surface area contributed by atoms with Crippen LogP contribution in [0.3, 0.4) is 0 Å². The molecule has 0 amide bonds. The van der Waals surface area contributed by atoms with Gasteiger partial charge in [-0.2, -0.15) is 0 Å². The Morgan fingerprint density at radius 3 is 1.23 bits per heavy atom. The van der Waals surface area contributed by atoms with E-state index in [1.54, 1.807) is 0 Å². The second kappa shape index (κ2) is 19.8. The average Bonchev–Trinajstić information content (AvgIpc) is 3.72. The van der Waals surface area contributed by atoms with E-state index < -0.39 is 0 Å². The van der Waals surface area contributed by atoms with Crippen molar-refractivity contribution in [2.45, 2.75) is 44.4 Å². The lowest BCUT2D eigenvalue weighted by Gasteiger charge is -2.36. The molecule has 0 heterocycles. The molecule has 2 nitrogen and oxygen atoms in total. The highest BCUT2D eigenvalue weighted by Gasteiger charge is 2.44. The summed E-state index contributed by atoms with van der Waals surface area (Å²) in [4.78, 5) is 4.83. The maximum absolute atomic E-state index is 4.08. The standard InChI is InChI=1S/C71H58N2/c1-3-51(4-2)55-27-35-63(36-28-55)73(66-48-59(53-21-11-6-12-22-53)47-60(49-66)54-23-13-7-14-24-54)64-41-33-58(34-42-64)57-31-39-62(40-32-57)72(61-37-29-56(30-38-61)52-19-9-5-10-20-52)65-43-44-68-67-25-15-16-26-69(67)71(70(68)50-65)45-17-8-18-46-71/h3-7,9-16,19-44,47-50H,1,8,17-18,45-46H2,2H3/b51-4+. The average molecular weight is 939 g/mol. The molecule has 1 fully saturated rings. The van der Waals surface area contributed by atoms with Gasteiger partial charge in [0, 0.05) is 39.5 Å². The Morgan fingerprint density at radius 1 is 0.356 bits per heavy atom. The molecule has 0 N–H and O–H groups in total. The van der Waals surface area contributed by atoms with Crippen molar-refractivity contribution in [3.8, 4) is 55.6 Å². The fraction of sp³-hybridized carbons (Fsp3) is 0.0986. The normalized spacial score (nSPS) is 13.5. The Morgan fingerprint density at radius 2 is 0.753 bits per heavy atom. The third kappa shape index (κ3) is 8.70. The van der Waals surface area contributed by atoms with Gasteiger partial charge in [0.05, 0.1) is 0 Å². The third-order valence-corrected chi connectivity index (χ3v) is 15.4. The lowest BCUT2D eigenvalue weighted by atomic mass is 9.68. The maximum atomic E-state index is 4.08. The molecule has 2 heteroatoms. The smallest absolute Gasteiger partial charge is 0.0473 e. The molecular formula is C71H58N2. The van der Waals surface area contributed by atoms with E-state index >= 15 is 0 Å². The van der Waals surface area contributed by atoms with E-state index in [0.717, 1.165) is 61.8 Å². The first kappa shape index (κ1) is 45.4. The van der Waals surface area contributed by atoms with Crippen molar-refractivity contribution in [3.63, 3.8) is 0 Å². The maximum Gasteiger partial charge on any atom is 0.0473 e. The van der Waals surface area contributed by atoms with E-state index in [-0.39, 0.29) is 5.41 Å². The number of anilines is 6. The predicted octanol–water partition coefficient (Wildman–Crippen LogP) is 20.1. The summed E-state index contributed by atoms with van der Waals surface area (Å²) in [6.45, 7) is 6.14. The molecule has 2 aliphatic carbocycles. The van der Waals surface area contributed by atoms with Crippen LogP contribution in [0, 0.1) is 0 Å². The molecule has 1 spiro atoms. The van der Waals surface area contributed by atoms with Gasteiger partial charge in [0.1, 0.15) is 0 Å². The lowest BCUT2D eigenvalue weighted by Crippen LogP contribution is -2.28. The summed E-state index contributed by atoms with van der Waals surface area (Å²) in [6.07, 6.45) is 10.3. The number of fused-ring (bicyclic) bond motifs is 5. The summed E-state index contributed by atoms with van der Waals surface area (Å²) in [7, 11) is 0. The highest BCUT2D eigenvalue weighted by Crippen LogP contribution is 2.57. The highest BCUT2D eigenvalue weighted by atomic mass is 15.1. The second-order valence-corrected chi connectivity index (χ2v) is 19.6. The Balaban J connectivity index is 0.923. The van der Waals surface area contributed by atoms with Gasteiger partial charge in [-0.25, -0.2) is 0 Å². The molecule has 352 valence electrons. The molecule has 10 aromatic rings. The molecular weight excluding hydrogens is 881 g/mol. The van der Waals surface area contributed by atoms with E-state index in [9.17, 15) is 0 Å². The Kier molecular flexibility index (Phi) is 12.3. The van der Waals surface area contributed by atoms with Gasteiger partial charge in [-0.1, -0.05) is 208 Å². The summed E-state index contributed by atoms with van der Waals surface area (Å²) >= 11 is 0. The van der Waals surface area contributed by atoms with Crippen LogP contribution in [0.1, 0.15) is 55.7 Å². The zero-order valence-corrected chi connectivity index (χ0v) is 41.5. The lowest BCUT2D eigenvalue weighted by molar-refractivity contribution is 0.353. The molecule has 2 aliphatic rings. The fourth-order valence-electron chi connectivity index (χ4n) is 11.8. The molecule has 0 aliphatic heterocycles. The first-order valence-corrected chi connectivity index (χ1v) is 25.9. The monoisotopic (exact) mass is 938 g/mol. The largest absolute Gasteiger partial charge is 0.310 e. The van der Waals surface area contributed by atoms with Crippen molar-refractivity contribution in [2.75, 3.05) is 9.80 Å². The van der Waals surface area contributed by atoms with Gasteiger partial charge >= 0.3 is 0 Å². The van der Waals surface area contributed by atoms with E-state index in [0.29, 0.717) is 0 Å². The molecule has 0 unspecified atom stereocenters. The number of allylic oxidation sites excluding steroid dienone is 3. The zero-order chi connectivity index (χ0) is 49.1. The summed E-state index contributed by atoms with van der Waals surface area (Å²) in [5.74, 6) is 0. The van der Waals surface area contributed by atoms with Crippen LogP contribution in [0.25, 0.3) is 61.2 Å². The first-order chi connectivity index (χ1) is 36.1. The second-order valence-electron chi connectivity index (χ2n) is 19.6. The van der Waals surface area contributed by atoms with Gasteiger partial charge in [-0.15, -0.1) is 0 Å². The third-order valence-electron chi connectivity index (χ3n) is 15.4. The van der Waals surface area contributed by atoms with Crippen LogP contribution in [0.5, 0.6) is 0 Å². The molecule has 0 saturated heterocycles. The van der Waals surface area contributed by atoms with Gasteiger partial charge in [0.25, 0.3) is 0 Å². The number of nitrogens with zero attached hydrogens (tertiary/aromatic N) is 2. The van der Waals surface area contributed by atoms with Crippen LogP contribution in [0.15, 0.2) is 267 Å². The summed E-state index contributed by atoms with van der Waals surface area (Å²) in [5, 5.41) is 0. The topological polar surface area (TPSA) is 6.48 Å². The fourth-order valence-corrected chi connectivity index (χ4v) is 11.8. The van der Waals surface area contributed by atoms with Crippen molar-refractivity contribution >= 4 is 39.7 Å². The van der Waals surface area contributed by atoms with Crippen molar-refractivity contribution in [2.24, 2.45) is 0 Å². The molecule has 0 aromatic heterocycles. The minimum absolute atomic E-state index is 0.0639. The van der Waals surface area contributed by atoms with Gasteiger partial charge in [-0.05, 0) is 177 Å². The Hall–Kier alpha value is -8.72. The molecule has 0 atom stereocenters. The predicted molar refractivity (Wildman–Crippen MR) is 311 cm³/mol. The number of hydrogen-bond acceptors (Lipinski definition) is 2. The Bertz CT molecular complexity index is 3510. The number of hydrogen-bond donors (Lipinski definition) is 0.